The molecule has 2 rings (SSSR count). The van der Waals surface area contributed by atoms with Crippen LogP contribution in [0.1, 0.15) is 10.4 Å². The molecule has 0 bridgehead atoms. The molecule has 0 saturated heterocycles. The van der Waals surface area contributed by atoms with Gasteiger partial charge in [-0.1, -0.05) is 23.2 Å². The van der Waals surface area contributed by atoms with E-state index in [2.05, 4.69) is 15.9 Å². The zero-order chi connectivity index (χ0) is 15.6. The van der Waals surface area contributed by atoms with Crippen molar-refractivity contribution in [1.29, 1.82) is 0 Å². The molecule has 0 unspecified atom stereocenters. The summed E-state index contributed by atoms with van der Waals surface area (Å²) in [5.41, 5.74) is -0.163. The van der Waals surface area contributed by atoms with Crippen LogP contribution in [0.5, 0.6) is 11.5 Å². The van der Waals surface area contributed by atoms with Crippen molar-refractivity contribution in [3.8, 4) is 11.5 Å². The first-order valence-electron chi connectivity index (χ1n) is 5.48. The fraction of sp³-hybridized carbons (Fsp3) is 0. The van der Waals surface area contributed by atoms with E-state index in [4.69, 9.17) is 27.9 Å². The largest absolute Gasteiger partial charge is 0.449 e. The van der Waals surface area contributed by atoms with Crippen molar-refractivity contribution >= 4 is 51.1 Å². The van der Waals surface area contributed by atoms with Crippen molar-refractivity contribution in [3.05, 3.63) is 60.5 Å². The van der Waals surface area contributed by atoms with Crippen LogP contribution in [0.3, 0.4) is 0 Å². The molecule has 0 heterocycles. The van der Waals surface area contributed by atoms with E-state index in [0.29, 0.717) is 15.8 Å². The van der Waals surface area contributed by atoms with E-state index in [1.54, 1.807) is 0 Å². The monoisotopic (exact) mass is 389 g/mol. The Morgan fingerprint density at radius 1 is 1.14 bits per heavy atom. The van der Waals surface area contributed by atoms with Gasteiger partial charge < -0.3 is 4.74 Å². The quantitative estimate of drug-likeness (QED) is 0.308. The molecule has 21 heavy (non-hydrogen) atoms. The molecule has 8 heteroatoms. The summed E-state index contributed by atoms with van der Waals surface area (Å²) in [6.45, 7) is 0. The zero-order valence-electron chi connectivity index (χ0n) is 10.2. The van der Waals surface area contributed by atoms with Gasteiger partial charge in [-0.3, -0.25) is 14.9 Å². The van der Waals surface area contributed by atoms with Crippen LogP contribution in [-0.2, 0) is 0 Å². The van der Waals surface area contributed by atoms with Gasteiger partial charge in [0.05, 0.1) is 15.0 Å². The summed E-state index contributed by atoms with van der Waals surface area (Å²) < 4.78 is 6.02. The SMILES string of the molecule is O=Cc1ccc(Oc2cc(Cl)c(Br)cc2Cl)c([N+](=O)[O-])c1. The number of hydrogen-bond donors (Lipinski definition) is 0. The summed E-state index contributed by atoms with van der Waals surface area (Å²) in [6, 6.07) is 6.81. The van der Waals surface area contributed by atoms with Crippen LogP contribution in [0.25, 0.3) is 0 Å². The van der Waals surface area contributed by atoms with Crippen molar-refractivity contribution in [2.45, 2.75) is 0 Å². The van der Waals surface area contributed by atoms with Crippen molar-refractivity contribution in [2.24, 2.45) is 0 Å². The van der Waals surface area contributed by atoms with E-state index in [9.17, 15) is 14.9 Å². The van der Waals surface area contributed by atoms with Crippen molar-refractivity contribution < 1.29 is 14.5 Å². The Bertz CT molecular complexity index is 736. The van der Waals surface area contributed by atoms with Crippen LogP contribution < -0.4 is 4.74 Å². The fourth-order valence-corrected chi connectivity index (χ4v) is 2.37. The van der Waals surface area contributed by atoms with Gasteiger partial charge >= 0.3 is 5.69 Å². The average molecular weight is 391 g/mol. The van der Waals surface area contributed by atoms with Gasteiger partial charge in [-0.2, -0.15) is 0 Å². The van der Waals surface area contributed by atoms with Gasteiger partial charge in [-0.25, -0.2) is 0 Å². The predicted molar refractivity (Wildman–Crippen MR) is 82.7 cm³/mol. The second kappa shape index (κ2) is 6.43. The second-order valence-corrected chi connectivity index (χ2v) is 5.57. The number of nitro groups is 1. The van der Waals surface area contributed by atoms with Crippen molar-refractivity contribution in [2.75, 3.05) is 0 Å². The first-order chi connectivity index (χ1) is 9.92. The molecular formula is C13H6BrCl2NO4. The third kappa shape index (κ3) is 3.53. The summed E-state index contributed by atoms with van der Waals surface area (Å²) in [5.74, 6) is 0.137. The topological polar surface area (TPSA) is 69.4 Å². The Labute approximate surface area is 137 Å². The predicted octanol–water partition coefficient (Wildman–Crippen LogP) is 5.27. The molecule has 2 aromatic carbocycles. The van der Waals surface area contributed by atoms with E-state index < -0.39 is 4.92 Å². The molecule has 0 radical (unpaired) electrons. The third-order valence-corrected chi connectivity index (χ3v) is 4.00. The number of hydrogen-bond acceptors (Lipinski definition) is 4. The highest BCUT2D eigenvalue weighted by molar-refractivity contribution is 9.10. The Hall–Kier alpha value is -1.63. The Balaban J connectivity index is 2.46. The Morgan fingerprint density at radius 2 is 1.86 bits per heavy atom. The smallest absolute Gasteiger partial charge is 0.312 e. The Morgan fingerprint density at radius 3 is 2.48 bits per heavy atom. The minimum Gasteiger partial charge on any atom is -0.449 e. The molecule has 0 N–H and O–H groups in total. The first-order valence-corrected chi connectivity index (χ1v) is 7.03. The number of carbonyl (C=O) groups is 1. The second-order valence-electron chi connectivity index (χ2n) is 3.90. The lowest BCUT2D eigenvalue weighted by Gasteiger charge is -2.09. The molecule has 0 fully saturated rings. The molecule has 0 atom stereocenters. The first kappa shape index (κ1) is 15.8. The molecule has 0 saturated carbocycles. The molecule has 0 spiro atoms. The number of nitro benzene ring substituents is 1. The number of aldehydes is 1. The molecule has 0 aromatic heterocycles. The normalized spacial score (nSPS) is 10.2. The van der Waals surface area contributed by atoms with Crippen LogP contribution in [-0.4, -0.2) is 11.2 Å². The van der Waals surface area contributed by atoms with Gasteiger partial charge in [0.2, 0.25) is 5.75 Å². The minimum atomic E-state index is -0.642. The van der Waals surface area contributed by atoms with Gasteiger partial charge in [-0.05, 0) is 34.1 Å². The lowest BCUT2D eigenvalue weighted by molar-refractivity contribution is -0.385. The number of halogens is 3. The third-order valence-electron chi connectivity index (χ3n) is 2.51. The molecular weight excluding hydrogens is 385 g/mol. The maximum Gasteiger partial charge on any atom is 0.312 e. The van der Waals surface area contributed by atoms with Crippen molar-refractivity contribution in [3.63, 3.8) is 0 Å². The highest BCUT2D eigenvalue weighted by atomic mass is 79.9. The highest BCUT2D eigenvalue weighted by Crippen LogP contribution is 2.39. The molecule has 108 valence electrons. The van der Waals surface area contributed by atoms with Crippen LogP contribution in [0.4, 0.5) is 5.69 Å². The highest BCUT2D eigenvalue weighted by Gasteiger charge is 2.18. The van der Waals surface area contributed by atoms with Crippen LogP contribution >= 0.6 is 39.1 Å². The van der Waals surface area contributed by atoms with Gasteiger partial charge in [0, 0.05) is 22.2 Å². The average Bonchev–Trinajstić information content (AvgIpc) is 2.44. The summed E-state index contributed by atoms with van der Waals surface area (Å²) in [4.78, 5) is 21.1. The number of carbonyl (C=O) groups excluding carboxylic acids is 1. The fourth-order valence-electron chi connectivity index (χ4n) is 1.54. The van der Waals surface area contributed by atoms with E-state index in [1.165, 1.54) is 24.3 Å². The number of nitrogens with zero attached hydrogens (tertiary/aromatic N) is 1. The zero-order valence-corrected chi connectivity index (χ0v) is 13.3. The number of rotatable bonds is 4. The molecule has 2 aromatic rings. The number of ether oxygens (including phenoxy) is 1. The molecule has 5 nitrogen and oxygen atoms in total. The van der Waals surface area contributed by atoms with Crippen molar-refractivity contribution in [1.82, 2.24) is 0 Å². The Kier molecular flexibility index (Phi) is 4.82. The summed E-state index contributed by atoms with van der Waals surface area (Å²) in [5, 5.41) is 11.6. The van der Waals surface area contributed by atoms with Gasteiger partial charge in [0.1, 0.15) is 12.0 Å². The van der Waals surface area contributed by atoms with E-state index >= 15 is 0 Å². The standard InChI is InChI=1S/C13H6BrCl2NO4/c14-8-4-10(16)13(5-9(8)15)21-12-2-1-7(6-18)3-11(12)17(19)20/h1-6H. The number of benzene rings is 2. The van der Waals surface area contributed by atoms with Crippen LogP contribution in [0.2, 0.25) is 10.0 Å². The molecule has 0 aliphatic rings. The van der Waals surface area contributed by atoms with Gasteiger partial charge in [0.25, 0.3) is 0 Å². The summed E-state index contributed by atoms with van der Waals surface area (Å²) in [7, 11) is 0. The lowest BCUT2D eigenvalue weighted by Crippen LogP contribution is -1.95. The van der Waals surface area contributed by atoms with E-state index in [0.717, 1.165) is 6.07 Å². The molecule has 0 aliphatic carbocycles. The van der Waals surface area contributed by atoms with E-state index in [1.807, 2.05) is 0 Å². The summed E-state index contributed by atoms with van der Waals surface area (Å²) in [6.07, 6.45) is 0.514. The van der Waals surface area contributed by atoms with Gasteiger partial charge in [-0.15, -0.1) is 0 Å². The van der Waals surface area contributed by atoms with E-state index in [-0.39, 0.29) is 27.8 Å². The maximum absolute atomic E-state index is 11.0. The van der Waals surface area contributed by atoms with Gasteiger partial charge in [0.15, 0.2) is 0 Å². The molecule has 0 amide bonds. The lowest BCUT2D eigenvalue weighted by atomic mass is 10.2. The van der Waals surface area contributed by atoms with Crippen LogP contribution in [0, 0.1) is 10.1 Å². The summed E-state index contributed by atoms with van der Waals surface area (Å²) >= 11 is 15.1. The molecule has 0 aliphatic heterocycles. The van der Waals surface area contributed by atoms with Crippen LogP contribution in [0.15, 0.2) is 34.8 Å². The maximum atomic E-state index is 11.0. The minimum absolute atomic E-state index is 0.0362.